The van der Waals surface area contributed by atoms with E-state index in [2.05, 4.69) is 11.4 Å². The molecule has 0 bridgehead atoms. The predicted octanol–water partition coefficient (Wildman–Crippen LogP) is 4.85. The molecule has 4 nitrogen and oxygen atoms in total. The number of halogens is 1. The van der Waals surface area contributed by atoms with Crippen molar-refractivity contribution in [1.82, 2.24) is 10.2 Å². The number of rotatable bonds is 8. The molecule has 0 saturated heterocycles. The van der Waals surface area contributed by atoms with Crippen LogP contribution in [0, 0.1) is 19.7 Å². The third-order valence-electron chi connectivity index (χ3n) is 5.99. The van der Waals surface area contributed by atoms with Gasteiger partial charge in [-0.15, -0.1) is 0 Å². The highest BCUT2D eigenvalue weighted by molar-refractivity contribution is 5.88. The quantitative estimate of drug-likeness (QED) is 0.658. The first-order chi connectivity index (χ1) is 14.9. The minimum atomic E-state index is -0.552. The lowest BCUT2D eigenvalue weighted by Gasteiger charge is -2.31. The fourth-order valence-corrected chi connectivity index (χ4v) is 4.52. The second-order valence-electron chi connectivity index (χ2n) is 8.73. The van der Waals surface area contributed by atoms with Crippen molar-refractivity contribution >= 4 is 11.8 Å². The number of hydrogen-bond donors (Lipinski definition) is 1. The van der Waals surface area contributed by atoms with E-state index in [9.17, 15) is 14.0 Å². The summed E-state index contributed by atoms with van der Waals surface area (Å²) in [6.45, 7) is 6.24. The summed E-state index contributed by atoms with van der Waals surface area (Å²) in [4.78, 5) is 28.2. The Morgan fingerprint density at radius 1 is 1.03 bits per heavy atom. The van der Waals surface area contributed by atoms with Gasteiger partial charge in [0.25, 0.3) is 0 Å². The average molecular weight is 425 g/mol. The SMILES string of the molecule is CCC(C(=O)NC1CCCC1)N(Cc1ccc(F)cc1)C(=O)Cc1cc(C)cc(C)c1. The van der Waals surface area contributed by atoms with Gasteiger partial charge in [-0.3, -0.25) is 9.59 Å². The van der Waals surface area contributed by atoms with Crippen LogP contribution in [0.5, 0.6) is 0 Å². The van der Waals surface area contributed by atoms with Crippen LogP contribution in [0.3, 0.4) is 0 Å². The molecule has 1 atom stereocenters. The lowest BCUT2D eigenvalue weighted by atomic mass is 10.0. The zero-order valence-electron chi connectivity index (χ0n) is 18.8. The number of nitrogens with zero attached hydrogens (tertiary/aromatic N) is 1. The normalized spacial score (nSPS) is 15.0. The maximum Gasteiger partial charge on any atom is 0.243 e. The highest BCUT2D eigenvalue weighted by Crippen LogP contribution is 2.20. The number of aryl methyl sites for hydroxylation is 2. The van der Waals surface area contributed by atoms with Crippen LogP contribution in [0.1, 0.15) is 61.3 Å². The molecule has 2 aromatic rings. The molecular weight excluding hydrogens is 391 g/mol. The third-order valence-corrected chi connectivity index (χ3v) is 5.99. The van der Waals surface area contributed by atoms with Crippen LogP contribution in [0.25, 0.3) is 0 Å². The van der Waals surface area contributed by atoms with Gasteiger partial charge in [0.1, 0.15) is 11.9 Å². The van der Waals surface area contributed by atoms with Gasteiger partial charge in [-0.1, -0.05) is 61.2 Å². The Morgan fingerprint density at radius 2 is 1.65 bits per heavy atom. The van der Waals surface area contributed by atoms with E-state index in [4.69, 9.17) is 0 Å². The number of carbonyl (C=O) groups excluding carboxylic acids is 2. The van der Waals surface area contributed by atoms with Gasteiger partial charge in [-0.25, -0.2) is 4.39 Å². The summed E-state index contributed by atoms with van der Waals surface area (Å²) in [6.07, 6.45) is 5.02. The molecule has 2 aromatic carbocycles. The summed E-state index contributed by atoms with van der Waals surface area (Å²) in [6, 6.07) is 11.9. The summed E-state index contributed by atoms with van der Waals surface area (Å²) in [5.41, 5.74) is 3.97. The van der Waals surface area contributed by atoms with Crippen molar-refractivity contribution in [2.24, 2.45) is 0 Å². The van der Waals surface area contributed by atoms with Crippen molar-refractivity contribution in [1.29, 1.82) is 0 Å². The topological polar surface area (TPSA) is 49.4 Å². The molecule has 2 amide bonds. The van der Waals surface area contributed by atoms with E-state index in [0.29, 0.717) is 6.42 Å². The van der Waals surface area contributed by atoms with Crippen LogP contribution in [-0.4, -0.2) is 28.8 Å². The third kappa shape index (κ3) is 6.39. The first-order valence-electron chi connectivity index (χ1n) is 11.3. The molecule has 166 valence electrons. The molecule has 5 heteroatoms. The van der Waals surface area contributed by atoms with Crippen molar-refractivity contribution < 1.29 is 14.0 Å². The number of nitrogens with one attached hydrogen (secondary N) is 1. The van der Waals surface area contributed by atoms with E-state index < -0.39 is 6.04 Å². The Hall–Kier alpha value is -2.69. The summed E-state index contributed by atoms with van der Waals surface area (Å²) >= 11 is 0. The highest BCUT2D eigenvalue weighted by Gasteiger charge is 2.30. The number of hydrogen-bond acceptors (Lipinski definition) is 2. The molecule has 0 aliphatic heterocycles. The standard InChI is InChI=1S/C26H33FN2O2/c1-4-24(26(31)28-23-7-5-6-8-23)29(17-20-9-11-22(27)12-10-20)25(30)16-21-14-18(2)13-19(3)15-21/h9-15,23-24H,4-8,16-17H2,1-3H3,(H,28,31). The van der Waals surface area contributed by atoms with Crippen molar-refractivity contribution in [2.75, 3.05) is 0 Å². The van der Waals surface area contributed by atoms with Crippen molar-refractivity contribution in [3.8, 4) is 0 Å². The lowest BCUT2D eigenvalue weighted by Crippen LogP contribution is -2.51. The van der Waals surface area contributed by atoms with Gasteiger partial charge in [-0.05, 0) is 56.4 Å². The van der Waals surface area contributed by atoms with Crippen molar-refractivity contribution in [2.45, 2.75) is 77.9 Å². The average Bonchev–Trinajstić information content (AvgIpc) is 3.21. The van der Waals surface area contributed by atoms with E-state index in [1.807, 2.05) is 32.9 Å². The van der Waals surface area contributed by atoms with Gasteiger partial charge in [0.2, 0.25) is 11.8 Å². The summed E-state index contributed by atoms with van der Waals surface area (Å²) in [5.74, 6) is -0.504. The van der Waals surface area contributed by atoms with E-state index in [1.54, 1.807) is 17.0 Å². The molecule has 0 aromatic heterocycles. The Labute approximate surface area is 184 Å². The van der Waals surface area contributed by atoms with E-state index in [1.165, 1.54) is 12.1 Å². The van der Waals surface area contributed by atoms with Crippen LogP contribution in [0.2, 0.25) is 0 Å². The molecule has 1 unspecified atom stereocenters. The minimum absolute atomic E-state index is 0.0923. The van der Waals surface area contributed by atoms with Crippen LogP contribution >= 0.6 is 0 Å². The number of amides is 2. The van der Waals surface area contributed by atoms with Gasteiger partial charge in [0.15, 0.2) is 0 Å². The van der Waals surface area contributed by atoms with Gasteiger partial charge in [0.05, 0.1) is 6.42 Å². The second-order valence-corrected chi connectivity index (χ2v) is 8.73. The molecule has 3 rings (SSSR count). The van der Waals surface area contributed by atoms with Crippen LogP contribution in [-0.2, 0) is 22.6 Å². The van der Waals surface area contributed by atoms with Crippen LogP contribution < -0.4 is 5.32 Å². The minimum Gasteiger partial charge on any atom is -0.352 e. The molecule has 1 N–H and O–H groups in total. The summed E-state index contributed by atoms with van der Waals surface area (Å²) in [7, 11) is 0. The monoisotopic (exact) mass is 424 g/mol. The Kier molecular flexibility index (Phi) is 7.83. The highest BCUT2D eigenvalue weighted by atomic mass is 19.1. The Bertz CT molecular complexity index is 884. The van der Waals surface area contributed by atoms with Gasteiger partial charge in [0, 0.05) is 12.6 Å². The molecule has 1 aliphatic carbocycles. The van der Waals surface area contributed by atoms with Gasteiger partial charge in [-0.2, -0.15) is 0 Å². The maximum absolute atomic E-state index is 13.4. The lowest BCUT2D eigenvalue weighted by molar-refractivity contribution is -0.141. The fourth-order valence-electron chi connectivity index (χ4n) is 4.52. The van der Waals surface area contributed by atoms with E-state index >= 15 is 0 Å². The first kappa shape index (κ1) is 23.0. The molecule has 1 aliphatic rings. The van der Waals surface area contributed by atoms with Gasteiger partial charge >= 0.3 is 0 Å². The maximum atomic E-state index is 13.4. The Morgan fingerprint density at radius 3 is 2.23 bits per heavy atom. The van der Waals surface area contributed by atoms with Gasteiger partial charge < -0.3 is 10.2 Å². The molecule has 31 heavy (non-hydrogen) atoms. The largest absolute Gasteiger partial charge is 0.352 e. The van der Waals surface area contributed by atoms with Crippen LogP contribution in [0.15, 0.2) is 42.5 Å². The zero-order valence-corrected chi connectivity index (χ0v) is 18.8. The summed E-state index contributed by atoms with van der Waals surface area (Å²) in [5, 5.41) is 3.15. The molecular formula is C26H33FN2O2. The van der Waals surface area contributed by atoms with Crippen molar-refractivity contribution in [3.05, 3.63) is 70.5 Å². The van der Waals surface area contributed by atoms with Crippen LogP contribution in [0.4, 0.5) is 4.39 Å². The number of carbonyl (C=O) groups is 2. The molecule has 1 saturated carbocycles. The Balaban J connectivity index is 1.83. The smallest absolute Gasteiger partial charge is 0.243 e. The molecule has 1 fully saturated rings. The molecule has 0 heterocycles. The zero-order chi connectivity index (χ0) is 22.4. The first-order valence-corrected chi connectivity index (χ1v) is 11.3. The summed E-state index contributed by atoms with van der Waals surface area (Å²) < 4.78 is 13.4. The predicted molar refractivity (Wildman–Crippen MR) is 121 cm³/mol. The fraction of sp³-hybridized carbons (Fsp3) is 0.462. The molecule has 0 radical (unpaired) electrons. The van der Waals surface area contributed by atoms with E-state index in [-0.39, 0.29) is 36.6 Å². The molecule has 0 spiro atoms. The second kappa shape index (κ2) is 10.6. The van der Waals surface area contributed by atoms with E-state index in [0.717, 1.165) is 47.9 Å². The number of benzene rings is 2. The van der Waals surface area contributed by atoms with Crippen molar-refractivity contribution in [3.63, 3.8) is 0 Å².